The SMILES string of the molecule is Cc1cn(Cc2ccc(Cl)cc2Cl)c2c(-c3nc(N)no3)cc(F)cc12. The highest BCUT2D eigenvalue weighted by Gasteiger charge is 2.18. The molecule has 0 aliphatic carbocycles. The Morgan fingerprint density at radius 2 is 2.04 bits per heavy atom. The number of anilines is 1. The first-order valence-electron chi connectivity index (χ1n) is 7.75. The summed E-state index contributed by atoms with van der Waals surface area (Å²) in [6.45, 7) is 2.39. The molecule has 0 spiro atoms. The molecule has 0 bridgehead atoms. The van der Waals surface area contributed by atoms with E-state index in [1.54, 1.807) is 12.1 Å². The van der Waals surface area contributed by atoms with Crippen LogP contribution in [0.4, 0.5) is 10.3 Å². The Morgan fingerprint density at radius 1 is 1.23 bits per heavy atom. The molecular weight excluding hydrogens is 378 g/mol. The summed E-state index contributed by atoms with van der Waals surface area (Å²) in [4.78, 5) is 4.04. The number of rotatable bonds is 3. The van der Waals surface area contributed by atoms with Crippen molar-refractivity contribution in [1.82, 2.24) is 14.7 Å². The first-order chi connectivity index (χ1) is 12.4. The lowest BCUT2D eigenvalue weighted by atomic mass is 10.1. The van der Waals surface area contributed by atoms with Gasteiger partial charge in [-0.1, -0.05) is 29.3 Å². The number of nitrogen functional groups attached to an aromatic ring is 1. The summed E-state index contributed by atoms with van der Waals surface area (Å²) in [6, 6.07) is 8.17. The van der Waals surface area contributed by atoms with Crippen molar-refractivity contribution in [3.63, 3.8) is 0 Å². The number of hydrogen-bond donors (Lipinski definition) is 1. The minimum absolute atomic E-state index is 0.00650. The van der Waals surface area contributed by atoms with E-state index in [2.05, 4.69) is 10.1 Å². The second-order valence-corrected chi connectivity index (χ2v) is 6.83. The zero-order chi connectivity index (χ0) is 18.4. The molecule has 2 aromatic heterocycles. The summed E-state index contributed by atoms with van der Waals surface area (Å²) in [5, 5.41) is 5.47. The number of aryl methyl sites for hydroxylation is 1. The molecule has 0 aliphatic heterocycles. The molecule has 0 radical (unpaired) electrons. The third-order valence-corrected chi connectivity index (χ3v) is 4.75. The maximum atomic E-state index is 14.1. The number of fused-ring (bicyclic) bond motifs is 1. The van der Waals surface area contributed by atoms with Crippen LogP contribution in [0.1, 0.15) is 11.1 Å². The lowest BCUT2D eigenvalue weighted by Gasteiger charge is -2.10. The average molecular weight is 391 g/mol. The van der Waals surface area contributed by atoms with E-state index in [4.69, 9.17) is 33.5 Å². The predicted octanol–water partition coefficient (Wildman–Crippen LogP) is 5.08. The summed E-state index contributed by atoms with van der Waals surface area (Å²) < 4.78 is 21.3. The van der Waals surface area contributed by atoms with Crippen molar-refractivity contribution >= 4 is 40.1 Å². The van der Waals surface area contributed by atoms with Crippen LogP contribution in [-0.2, 0) is 6.54 Å². The van der Waals surface area contributed by atoms with E-state index in [0.717, 1.165) is 22.0 Å². The minimum Gasteiger partial charge on any atom is -0.365 e. The summed E-state index contributed by atoms with van der Waals surface area (Å²) >= 11 is 12.3. The number of benzene rings is 2. The monoisotopic (exact) mass is 390 g/mol. The highest BCUT2D eigenvalue weighted by Crippen LogP contribution is 2.33. The smallest absolute Gasteiger partial charge is 0.261 e. The van der Waals surface area contributed by atoms with Crippen LogP contribution in [0.5, 0.6) is 0 Å². The third-order valence-electron chi connectivity index (χ3n) is 4.16. The van der Waals surface area contributed by atoms with E-state index in [1.807, 2.05) is 23.8 Å². The predicted molar refractivity (Wildman–Crippen MR) is 99.9 cm³/mol. The molecule has 4 aromatic rings. The molecule has 2 N–H and O–H groups in total. The Balaban J connectivity index is 1.93. The normalized spacial score (nSPS) is 11.4. The Hall–Kier alpha value is -2.57. The third kappa shape index (κ3) is 2.91. The zero-order valence-electron chi connectivity index (χ0n) is 13.6. The molecule has 0 fully saturated rings. The molecule has 2 heterocycles. The lowest BCUT2D eigenvalue weighted by Crippen LogP contribution is -2.00. The molecular formula is C18H13Cl2FN4O. The van der Waals surface area contributed by atoms with Crippen molar-refractivity contribution in [3.05, 3.63) is 63.5 Å². The van der Waals surface area contributed by atoms with E-state index >= 15 is 0 Å². The molecule has 26 heavy (non-hydrogen) atoms. The van der Waals surface area contributed by atoms with Crippen molar-refractivity contribution in [3.8, 4) is 11.5 Å². The molecule has 0 saturated carbocycles. The fourth-order valence-electron chi connectivity index (χ4n) is 3.04. The summed E-state index contributed by atoms with van der Waals surface area (Å²) in [5.74, 6) is -0.240. The molecule has 8 heteroatoms. The molecule has 5 nitrogen and oxygen atoms in total. The topological polar surface area (TPSA) is 69.9 Å². The van der Waals surface area contributed by atoms with E-state index in [-0.39, 0.29) is 11.8 Å². The Morgan fingerprint density at radius 3 is 2.73 bits per heavy atom. The first-order valence-corrected chi connectivity index (χ1v) is 8.50. The van der Waals surface area contributed by atoms with Gasteiger partial charge >= 0.3 is 0 Å². The van der Waals surface area contributed by atoms with E-state index in [1.165, 1.54) is 12.1 Å². The van der Waals surface area contributed by atoms with Gasteiger partial charge in [0.15, 0.2) is 0 Å². The van der Waals surface area contributed by atoms with Gasteiger partial charge in [0, 0.05) is 28.2 Å². The summed E-state index contributed by atoms with van der Waals surface area (Å²) in [7, 11) is 0. The summed E-state index contributed by atoms with van der Waals surface area (Å²) in [6.07, 6.45) is 1.93. The van der Waals surface area contributed by atoms with Gasteiger partial charge in [-0.3, -0.25) is 0 Å². The lowest BCUT2D eigenvalue weighted by molar-refractivity contribution is 0.433. The van der Waals surface area contributed by atoms with E-state index in [9.17, 15) is 4.39 Å². The number of nitrogens with zero attached hydrogens (tertiary/aromatic N) is 3. The average Bonchev–Trinajstić information content (AvgIpc) is 3.14. The van der Waals surface area contributed by atoms with Gasteiger partial charge in [0.05, 0.1) is 11.1 Å². The van der Waals surface area contributed by atoms with Crippen LogP contribution in [-0.4, -0.2) is 14.7 Å². The number of aromatic nitrogens is 3. The van der Waals surface area contributed by atoms with E-state index < -0.39 is 5.82 Å². The molecule has 4 rings (SSSR count). The van der Waals surface area contributed by atoms with Gasteiger partial charge in [-0.15, -0.1) is 0 Å². The fraction of sp³-hybridized carbons (Fsp3) is 0.111. The van der Waals surface area contributed by atoms with Gasteiger partial charge in [0.25, 0.3) is 11.8 Å². The van der Waals surface area contributed by atoms with Crippen molar-refractivity contribution in [2.24, 2.45) is 0 Å². The van der Waals surface area contributed by atoms with Gasteiger partial charge in [-0.05, 0) is 47.5 Å². The standard InChI is InChI=1S/C18H13Cl2FN4O/c1-9-7-25(8-10-2-3-11(19)4-15(10)20)16-13(9)5-12(21)6-14(16)17-23-18(22)24-26-17/h2-7H,8H2,1H3,(H2,22,24). The van der Waals surface area contributed by atoms with Gasteiger partial charge < -0.3 is 14.8 Å². The number of halogens is 3. The van der Waals surface area contributed by atoms with Crippen LogP contribution in [0.2, 0.25) is 10.0 Å². The van der Waals surface area contributed by atoms with Crippen molar-refractivity contribution in [2.75, 3.05) is 5.73 Å². The van der Waals surface area contributed by atoms with Crippen LogP contribution >= 0.6 is 23.2 Å². The highest BCUT2D eigenvalue weighted by molar-refractivity contribution is 6.35. The van der Waals surface area contributed by atoms with Crippen molar-refractivity contribution < 1.29 is 8.91 Å². The quantitative estimate of drug-likeness (QED) is 0.529. The fourth-order valence-corrected chi connectivity index (χ4v) is 3.51. The van der Waals surface area contributed by atoms with Gasteiger partial charge in [-0.2, -0.15) is 4.98 Å². The molecule has 0 amide bonds. The van der Waals surface area contributed by atoms with Crippen molar-refractivity contribution in [1.29, 1.82) is 0 Å². The minimum atomic E-state index is -0.394. The van der Waals surface area contributed by atoms with Crippen LogP contribution in [0.3, 0.4) is 0 Å². The molecule has 2 aromatic carbocycles. The largest absolute Gasteiger partial charge is 0.365 e. The molecule has 132 valence electrons. The van der Waals surface area contributed by atoms with Gasteiger partial charge in [0.1, 0.15) is 5.82 Å². The number of nitrogens with two attached hydrogens (primary N) is 1. The number of hydrogen-bond acceptors (Lipinski definition) is 4. The van der Waals surface area contributed by atoms with Gasteiger partial charge in [0.2, 0.25) is 0 Å². The molecule has 0 atom stereocenters. The van der Waals surface area contributed by atoms with Gasteiger partial charge in [-0.25, -0.2) is 4.39 Å². The Labute approximate surface area is 158 Å². The maximum Gasteiger partial charge on any atom is 0.261 e. The van der Waals surface area contributed by atoms with Crippen molar-refractivity contribution in [2.45, 2.75) is 13.5 Å². The highest BCUT2D eigenvalue weighted by atomic mass is 35.5. The molecule has 0 aliphatic rings. The maximum absolute atomic E-state index is 14.1. The van der Waals surface area contributed by atoms with Crippen LogP contribution in [0.25, 0.3) is 22.4 Å². The van der Waals surface area contributed by atoms with Crippen LogP contribution in [0, 0.1) is 12.7 Å². The van der Waals surface area contributed by atoms with Crippen LogP contribution in [0.15, 0.2) is 41.1 Å². The second-order valence-electron chi connectivity index (χ2n) is 5.98. The first kappa shape index (κ1) is 16.9. The van der Waals surface area contributed by atoms with Crippen LogP contribution < -0.4 is 5.73 Å². The Kier molecular flexibility index (Phi) is 4.09. The molecule has 0 saturated heterocycles. The second kappa shape index (κ2) is 6.30. The zero-order valence-corrected chi connectivity index (χ0v) is 15.1. The molecule has 0 unspecified atom stereocenters. The Bertz CT molecular complexity index is 1140. The van der Waals surface area contributed by atoms with E-state index in [0.29, 0.717) is 22.2 Å². The summed E-state index contributed by atoms with van der Waals surface area (Å²) in [5.41, 5.74) is 8.59.